The van der Waals surface area contributed by atoms with Crippen molar-refractivity contribution in [3.05, 3.63) is 62.8 Å². The Balaban J connectivity index is 2.24. The lowest BCUT2D eigenvalue weighted by Gasteiger charge is -2.12. The van der Waals surface area contributed by atoms with Gasteiger partial charge in [-0.2, -0.15) is 0 Å². The molecule has 3 N–H and O–H groups in total. The van der Waals surface area contributed by atoms with Crippen molar-refractivity contribution in [2.24, 2.45) is 5.73 Å². The SMILES string of the molecule is NC(=O)c1ccccc1CNc1c(Cl)cc(F)cc1Br. The van der Waals surface area contributed by atoms with E-state index in [-0.39, 0.29) is 5.02 Å². The molecule has 2 aromatic rings. The molecule has 3 nitrogen and oxygen atoms in total. The number of halogens is 3. The van der Waals surface area contributed by atoms with Crippen molar-refractivity contribution in [2.75, 3.05) is 5.32 Å². The van der Waals surface area contributed by atoms with Crippen molar-refractivity contribution in [3.8, 4) is 0 Å². The molecule has 0 fully saturated rings. The van der Waals surface area contributed by atoms with Crippen molar-refractivity contribution >= 4 is 39.1 Å². The maximum Gasteiger partial charge on any atom is 0.249 e. The van der Waals surface area contributed by atoms with Crippen molar-refractivity contribution < 1.29 is 9.18 Å². The molecule has 20 heavy (non-hydrogen) atoms. The van der Waals surface area contributed by atoms with Crippen molar-refractivity contribution in [2.45, 2.75) is 6.54 Å². The molecule has 0 aromatic heterocycles. The summed E-state index contributed by atoms with van der Waals surface area (Å²) < 4.78 is 13.7. The summed E-state index contributed by atoms with van der Waals surface area (Å²) in [5.74, 6) is -0.920. The molecule has 6 heteroatoms. The Bertz CT molecular complexity index is 640. The van der Waals surface area contributed by atoms with E-state index in [0.29, 0.717) is 22.3 Å². The van der Waals surface area contributed by atoms with E-state index in [1.165, 1.54) is 12.1 Å². The number of hydrogen-bond acceptors (Lipinski definition) is 2. The number of amides is 1. The second-order valence-corrected chi connectivity index (χ2v) is 5.38. The lowest BCUT2D eigenvalue weighted by atomic mass is 10.1. The number of carbonyl (C=O) groups excluding carboxylic acids is 1. The molecule has 0 atom stereocenters. The Morgan fingerprint density at radius 1 is 1.35 bits per heavy atom. The van der Waals surface area contributed by atoms with Crippen LogP contribution in [0.3, 0.4) is 0 Å². The predicted molar refractivity (Wildman–Crippen MR) is 81.4 cm³/mol. The average molecular weight is 358 g/mol. The number of anilines is 1. The normalized spacial score (nSPS) is 10.3. The van der Waals surface area contributed by atoms with E-state index in [1.807, 2.05) is 6.07 Å². The molecule has 0 aliphatic heterocycles. The first kappa shape index (κ1) is 14.8. The van der Waals surface area contributed by atoms with Crippen molar-refractivity contribution in [1.82, 2.24) is 0 Å². The minimum atomic E-state index is -0.494. The highest BCUT2D eigenvalue weighted by molar-refractivity contribution is 9.10. The van der Waals surface area contributed by atoms with Gasteiger partial charge in [-0.1, -0.05) is 29.8 Å². The van der Waals surface area contributed by atoms with Gasteiger partial charge in [0, 0.05) is 16.6 Å². The lowest BCUT2D eigenvalue weighted by Crippen LogP contribution is -2.15. The highest BCUT2D eigenvalue weighted by atomic mass is 79.9. The van der Waals surface area contributed by atoms with Crippen LogP contribution in [0.4, 0.5) is 10.1 Å². The maximum atomic E-state index is 13.1. The van der Waals surface area contributed by atoms with E-state index in [9.17, 15) is 9.18 Å². The third-order valence-electron chi connectivity index (χ3n) is 2.75. The van der Waals surface area contributed by atoms with E-state index in [1.54, 1.807) is 18.2 Å². The predicted octanol–water partition coefficient (Wildman–Crippen LogP) is 3.95. The summed E-state index contributed by atoms with van der Waals surface area (Å²) in [5.41, 5.74) is 7.06. The first-order valence-corrected chi connectivity index (χ1v) is 6.92. The van der Waals surface area contributed by atoms with Gasteiger partial charge < -0.3 is 11.1 Å². The van der Waals surface area contributed by atoms with E-state index in [2.05, 4.69) is 21.2 Å². The topological polar surface area (TPSA) is 55.1 Å². The van der Waals surface area contributed by atoms with Crippen molar-refractivity contribution in [1.29, 1.82) is 0 Å². The fourth-order valence-corrected chi connectivity index (χ4v) is 2.77. The van der Waals surface area contributed by atoms with Crippen LogP contribution in [0.15, 0.2) is 40.9 Å². The van der Waals surface area contributed by atoms with Gasteiger partial charge in [-0.3, -0.25) is 4.79 Å². The first-order valence-electron chi connectivity index (χ1n) is 5.75. The highest BCUT2D eigenvalue weighted by Gasteiger charge is 2.10. The molecule has 0 saturated heterocycles. The highest BCUT2D eigenvalue weighted by Crippen LogP contribution is 2.32. The third kappa shape index (κ3) is 3.29. The fourth-order valence-electron chi connectivity index (χ4n) is 1.81. The van der Waals surface area contributed by atoms with E-state index in [0.717, 1.165) is 5.56 Å². The third-order valence-corrected chi connectivity index (χ3v) is 3.67. The molecular formula is C14H11BrClFN2O. The van der Waals surface area contributed by atoms with Gasteiger partial charge in [0.1, 0.15) is 5.82 Å². The van der Waals surface area contributed by atoms with Crippen LogP contribution in [0.2, 0.25) is 5.02 Å². The molecule has 0 saturated carbocycles. The quantitative estimate of drug-likeness (QED) is 0.870. The zero-order chi connectivity index (χ0) is 14.7. The Labute approximate surface area is 129 Å². The number of primary amides is 1. The van der Waals surface area contributed by atoms with Gasteiger partial charge >= 0.3 is 0 Å². The second-order valence-electron chi connectivity index (χ2n) is 4.12. The molecule has 2 aromatic carbocycles. The molecule has 0 aliphatic carbocycles. The van der Waals surface area contributed by atoms with Crippen LogP contribution in [0.25, 0.3) is 0 Å². The van der Waals surface area contributed by atoms with Gasteiger partial charge in [-0.25, -0.2) is 4.39 Å². The number of nitrogens with one attached hydrogen (secondary N) is 1. The number of benzene rings is 2. The molecule has 0 heterocycles. The van der Waals surface area contributed by atoms with Gasteiger partial charge in [0.15, 0.2) is 0 Å². The molecular weight excluding hydrogens is 347 g/mol. The summed E-state index contributed by atoms with van der Waals surface area (Å²) in [5, 5.41) is 3.32. The Kier molecular flexibility index (Phi) is 4.62. The molecule has 0 radical (unpaired) electrons. The van der Waals surface area contributed by atoms with Crippen LogP contribution in [-0.2, 0) is 6.54 Å². The molecule has 0 unspecified atom stereocenters. The Hall–Kier alpha value is -1.59. The maximum absolute atomic E-state index is 13.1. The van der Waals surface area contributed by atoms with Gasteiger partial charge in [0.25, 0.3) is 0 Å². The largest absolute Gasteiger partial charge is 0.379 e. The molecule has 104 valence electrons. The molecule has 0 aliphatic rings. The van der Waals surface area contributed by atoms with Gasteiger partial charge in [-0.15, -0.1) is 0 Å². The molecule has 0 bridgehead atoms. The molecule has 0 spiro atoms. The fraction of sp³-hybridized carbons (Fsp3) is 0.0714. The van der Waals surface area contributed by atoms with Gasteiger partial charge in [0.05, 0.1) is 10.7 Å². The minimum absolute atomic E-state index is 0.258. The van der Waals surface area contributed by atoms with E-state index in [4.69, 9.17) is 17.3 Å². The minimum Gasteiger partial charge on any atom is -0.379 e. The molecule has 2 rings (SSSR count). The number of nitrogens with two attached hydrogens (primary N) is 1. The van der Waals surface area contributed by atoms with E-state index >= 15 is 0 Å². The monoisotopic (exact) mass is 356 g/mol. The summed E-state index contributed by atoms with van der Waals surface area (Å²) in [6.07, 6.45) is 0. The van der Waals surface area contributed by atoms with Crippen LogP contribution < -0.4 is 11.1 Å². The van der Waals surface area contributed by atoms with Crippen LogP contribution in [-0.4, -0.2) is 5.91 Å². The Morgan fingerprint density at radius 3 is 2.70 bits per heavy atom. The van der Waals surface area contributed by atoms with Gasteiger partial charge in [-0.05, 0) is 39.7 Å². The summed E-state index contributed by atoms with van der Waals surface area (Å²) in [7, 11) is 0. The standard InChI is InChI=1S/C14H11BrClFN2O/c15-11-5-9(17)6-12(16)13(11)19-7-8-3-1-2-4-10(8)14(18)20/h1-6,19H,7H2,(H2,18,20). The Morgan fingerprint density at radius 2 is 2.05 bits per heavy atom. The molecule has 1 amide bonds. The smallest absolute Gasteiger partial charge is 0.249 e. The summed E-state index contributed by atoms with van der Waals surface area (Å²) in [6, 6.07) is 9.52. The average Bonchev–Trinajstić information content (AvgIpc) is 2.37. The van der Waals surface area contributed by atoms with Crippen molar-refractivity contribution in [3.63, 3.8) is 0 Å². The number of rotatable bonds is 4. The van der Waals surface area contributed by atoms with E-state index < -0.39 is 11.7 Å². The van der Waals surface area contributed by atoms with Crippen LogP contribution in [0, 0.1) is 5.82 Å². The summed E-state index contributed by atoms with van der Waals surface area (Å²) >= 11 is 9.22. The zero-order valence-corrected chi connectivity index (χ0v) is 12.6. The van der Waals surface area contributed by atoms with Crippen LogP contribution >= 0.6 is 27.5 Å². The first-order chi connectivity index (χ1) is 9.49. The zero-order valence-electron chi connectivity index (χ0n) is 10.3. The van der Waals surface area contributed by atoms with Crippen LogP contribution in [0.5, 0.6) is 0 Å². The van der Waals surface area contributed by atoms with Gasteiger partial charge in [0.2, 0.25) is 5.91 Å². The summed E-state index contributed by atoms with van der Waals surface area (Å²) in [4.78, 5) is 11.3. The van der Waals surface area contributed by atoms with Crippen LogP contribution in [0.1, 0.15) is 15.9 Å². The lowest BCUT2D eigenvalue weighted by molar-refractivity contribution is 0.0999. The number of carbonyl (C=O) groups is 1. The summed E-state index contributed by atoms with van der Waals surface area (Å²) in [6.45, 7) is 0.350. The second kappa shape index (κ2) is 6.24. The number of hydrogen-bond donors (Lipinski definition) is 2.